The Hall–Kier alpha value is -4.67. The molecule has 0 spiro atoms. The van der Waals surface area contributed by atoms with Crippen LogP contribution >= 0.6 is 11.8 Å². The van der Waals surface area contributed by atoms with E-state index in [9.17, 15) is 0 Å². The number of fused-ring (bicyclic) bond motifs is 6. The molecular weight excluding hydrogens is 587 g/mol. The van der Waals surface area contributed by atoms with Crippen LogP contribution in [0.1, 0.15) is 55.5 Å². The van der Waals surface area contributed by atoms with Crippen molar-refractivity contribution in [3.63, 3.8) is 0 Å². The van der Waals surface area contributed by atoms with Gasteiger partial charge in [-0.1, -0.05) is 124 Å². The molecule has 0 unspecified atom stereocenters. The van der Waals surface area contributed by atoms with Gasteiger partial charge in [-0.3, -0.25) is 0 Å². The first-order chi connectivity index (χ1) is 22.7. The molecule has 2 nitrogen and oxygen atoms in total. The standard InChI is InChI=1S/C43H37BN2S/c1-26-22-29(40-37(23-26)46-36-20-11-9-16-30(36)42(2,3)32-18-13-19-34(44-40)41(32)46)28-24-39-33(25-35(28)45-27-14-7-6-8-15-27)43(4,5)31-17-10-12-21-38(31)47-39/h6-25,44-45H,1-5H3. The summed E-state index contributed by atoms with van der Waals surface area (Å²) in [5.41, 5.74) is 18.1. The first kappa shape index (κ1) is 28.5. The van der Waals surface area contributed by atoms with Crippen LogP contribution < -0.4 is 21.1 Å². The molecule has 0 saturated carbocycles. The molecule has 3 aliphatic rings. The minimum atomic E-state index is -0.117. The summed E-state index contributed by atoms with van der Waals surface area (Å²) >= 11 is 1.91. The summed E-state index contributed by atoms with van der Waals surface area (Å²) in [6.07, 6.45) is 0. The molecule has 0 bridgehead atoms. The van der Waals surface area contributed by atoms with Gasteiger partial charge in [-0.2, -0.15) is 0 Å². The van der Waals surface area contributed by atoms with Gasteiger partial charge >= 0.3 is 0 Å². The summed E-state index contributed by atoms with van der Waals surface area (Å²) in [6.45, 7) is 11.7. The van der Waals surface area contributed by atoms with Gasteiger partial charge in [0.05, 0.1) is 5.69 Å². The van der Waals surface area contributed by atoms with E-state index in [1.54, 1.807) is 0 Å². The lowest BCUT2D eigenvalue weighted by Gasteiger charge is -2.46. The van der Waals surface area contributed by atoms with Crippen molar-refractivity contribution >= 4 is 58.4 Å². The van der Waals surface area contributed by atoms with Crippen LogP contribution in [0.3, 0.4) is 0 Å². The Morgan fingerprint density at radius 1 is 0.596 bits per heavy atom. The van der Waals surface area contributed by atoms with Gasteiger partial charge in [0, 0.05) is 48.9 Å². The van der Waals surface area contributed by atoms with Crippen molar-refractivity contribution in [1.29, 1.82) is 0 Å². The lowest BCUT2D eigenvalue weighted by Crippen LogP contribution is -2.45. The fraction of sp³-hybridized carbons (Fsp3) is 0.163. The van der Waals surface area contributed by atoms with E-state index in [1.807, 2.05) is 11.8 Å². The van der Waals surface area contributed by atoms with Crippen LogP contribution in [0, 0.1) is 6.92 Å². The van der Waals surface area contributed by atoms with Crippen molar-refractivity contribution in [2.75, 3.05) is 10.2 Å². The molecule has 0 atom stereocenters. The highest BCUT2D eigenvalue weighted by Gasteiger charge is 2.41. The molecule has 0 aromatic heterocycles. The zero-order valence-electron chi connectivity index (χ0n) is 27.6. The van der Waals surface area contributed by atoms with Crippen molar-refractivity contribution in [2.45, 2.75) is 55.2 Å². The van der Waals surface area contributed by atoms with Gasteiger partial charge in [-0.15, -0.1) is 0 Å². The van der Waals surface area contributed by atoms with E-state index >= 15 is 0 Å². The van der Waals surface area contributed by atoms with Gasteiger partial charge < -0.3 is 10.2 Å². The van der Waals surface area contributed by atoms with Crippen molar-refractivity contribution in [2.24, 2.45) is 0 Å². The van der Waals surface area contributed by atoms with Gasteiger partial charge in [-0.25, -0.2) is 0 Å². The Bertz CT molecular complexity index is 2250. The average Bonchev–Trinajstić information content (AvgIpc) is 3.07. The second-order valence-electron chi connectivity index (χ2n) is 14.4. The molecule has 228 valence electrons. The lowest BCUT2D eigenvalue weighted by molar-refractivity contribution is 0.608. The van der Waals surface area contributed by atoms with Crippen LogP contribution in [0.5, 0.6) is 0 Å². The van der Waals surface area contributed by atoms with Gasteiger partial charge in [0.2, 0.25) is 0 Å². The second kappa shape index (κ2) is 10.2. The number of rotatable bonds is 3. The molecule has 6 aromatic rings. The Balaban J connectivity index is 1.30. The zero-order valence-corrected chi connectivity index (χ0v) is 28.4. The molecule has 0 amide bonds. The normalized spacial score (nSPS) is 15.7. The number of aryl methyl sites for hydroxylation is 1. The highest BCUT2D eigenvalue weighted by atomic mass is 32.2. The number of anilines is 5. The molecule has 9 rings (SSSR count). The molecule has 4 heteroatoms. The van der Waals surface area contributed by atoms with Crippen LogP contribution in [0.15, 0.2) is 131 Å². The Labute approximate surface area is 283 Å². The van der Waals surface area contributed by atoms with E-state index in [0.29, 0.717) is 0 Å². The van der Waals surface area contributed by atoms with Gasteiger partial charge in [0.1, 0.15) is 0 Å². The van der Waals surface area contributed by atoms with Crippen molar-refractivity contribution < 1.29 is 0 Å². The third-order valence-corrected chi connectivity index (χ3v) is 11.9. The van der Waals surface area contributed by atoms with Gasteiger partial charge in [-0.05, 0) is 88.2 Å². The Morgan fingerprint density at radius 3 is 2.13 bits per heavy atom. The van der Waals surface area contributed by atoms with E-state index < -0.39 is 0 Å². The average molecular weight is 625 g/mol. The monoisotopic (exact) mass is 624 g/mol. The molecule has 0 saturated heterocycles. The molecule has 0 aliphatic carbocycles. The maximum absolute atomic E-state index is 3.88. The third kappa shape index (κ3) is 4.20. The zero-order chi connectivity index (χ0) is 32.1. The summed E-state index contributed by atoms with van der Waals surface area (Å²) in [5, 5.41) is 3.88. The van der Waals surface area contributed by atoms with Crippen LogP contribution in [-0.2, 0) is 10.8 Å². The number of para-hydroxylation sites is 3. The number of nitrogens with one attached hydrogen (secondary N) is 1. The van der Waals surface area contributed by atoms with Crippen molar-refractivity contribution in [1.82, 2.24) is 0 Å². The summed E-state index contributed by atoms with van der Waals surface area (Å²) in [4.78, 5) is 5.25. The SMILES string of the molecule is Cc1cc(-c2cc3c(cc2Nc2ccccc2)C(C)(C)c2ccccc2S3)c2c(c1)N1c3ccccc3C(C)(C)c3cccc(c31)B2. The molecule has 47 heavy (non-hydrogen) atoms. The third-order valence-electron chi connectivity index (χ3n) is 10.7. The molecule has 3 heterocycles. The minimum absolute atomic E-state index is 0.0752. The largest absolute Gasteiger partial charge is 0.355 e. The number of nitrogens with zero attached hydrogens (tertiary/aromatic N) is 1. The highest BCUT2D eigenvalue weighted by molar-refractivity contribution is 7.99. The molecule has 0 radical (unpaired) electrons. The maximum Gasteiger partial charge on any atom is 0.198 e. The smallest absolute Gasteiger partial charge is 0.198 e. The minimum Gasteiger partial charge on any atom is -0.355 e. The molecule has 0 fully saturated rings. The summed E-state index contributed by atoms with van der Waals surface area (Å²) in [6, 6.07) is 45.2. The van der Waals surface area contributed by atoms with Gasteiger partial charge in [0.15, 0.2) is 7.28 Å². The maximum atomic E-state index is 3.88. The van der Waals surface area contributed by atoms with E-state index in [-0.39, 0.29) is 10.8 Å². The number of hydrogen-bond donors (Lipinski definition) is 1. The number of benzene rings is 6. The van der Waals surface area contributed by atoms with E-state index in [1.165, 1.54) is 76.7 Å². The van der Waals surface area contributed by atoms with E-state index in [4.69, 9.17) is 0 Å². The summed E-state index contributed by atoms with van der Waals surface area (Å²) in [5.74, 6) is 0. The second-order valence-corrected chi connectivity index (χ2v) is 15.5. The summed E-state index contributed by atoms with van der Waals surface area (Å²) < 4.78 is 0. The molecule has 1 N–H and O–H groups in total. The molecule has 6 aromatic carbocycles. The number of hydrogen-bond acceptors (Lipinski definition) is 3. The molecule has 3 aliphatic heterocycles. The first-order valence-electron chi connectivity index (χ1n) is 16.7. The first-order valence-corrected chi connectivity index (χ1v) is 17.5. The topological polar surface area (TPSA) is 15.3 Å². The van der Waals surface area contributed by atoms with Crippen LogP contribution in [0.2, 0.25) is 0 Å². The van der Waals surface area contributed by atoms with E-state index in [2.05, 4.69) is 166 Å². The van der Waals surface area contributed by atoms with Crippen LogP contribution in [0.25, 0.3) is 11.1 Å². The fourth-order valence-electron chi connectivity index (χ4n) is 8.32. The quantitative estimate of drug-likeness (QED) is 0.197. The predicted molar refractivity (Wildman–Crippen MR) is 202 cm³/mol. The Morgan fingerprint density at radius 2 is 1.30 bits per heavy atom. The van der Waals surface area contributed by atoms with Crippen LogP contribution in [-0.4, -0.2) is 7.28 Å². The van der Waals surface area contributed by atoms with Crippen molar-refractivity contribution in [3.05, 3.63) is 149 Å². The summed E-state index contributed by atoms with van der Waals surface area (Å²) in [7, 11) is 0.895. The Kier molecular flexibility index (Phi) is 6.17. The van der Waals surface area contributed by atoms with Gasteiger partial charge in [0.25, 0.3) is 0 Å². The predicted octanol–water partition coefficient (Wildman–Crippen LogP) is 10.0. The van der Waals surface area contributed by atoms with Crippen molar-refractivity contribution in [3.8, 4) is 11.1 Å². The van der Waals surface area contributed by atoms with Crippen LogP contribution in [0.4, 0.5) is 28.4 Å². The lowest BCUT2D eigenvalue weighted by atomic mass is 9.56. The molecular formula is C43H37BN2S. The highest BCUT2D eigenvalue weighted by Crippen LogP contribution is 2.54. The fourth-order valence-corrected chi connectivity index (χ4v) is 9.74. The van der Waals surface area contributed by atoms with E-state index in [0.717, 1.165) is 18.7 Å².